The highest BCUT2D eigenvalue weighted by molar-refractivity contribution is 5.76. The number of rotatable bonds is 28. The number of unbranched alkanes of at least 4 members (excludes halogenated alkanes) is 13. The minimum atomic E-state index is -0.875. The van der Waals surface area contributed by atoms with E-state index in [1.165, 1.54) is 64.2 Å². The molecule has 0 aromatic rings. The number of carbonyl (C=O) groups is 1. The Hall–Kier alpha value is -1.91. The van der Waals surface area contributed by atoms with Crippen LogP contribution in [-0.2, 0) is 4.79 Å². The van der Waals surface area contributed by atoms with Gasteiger partial charge in [0.2, 0.25) is 5.91 Å². The van der Waals surface area contributed by atoms with Gasteiger partial charge in [0, 0.05) is 6.42 Å². The van der Waals surface area contributed by atoms with Crippen LogP contribution in [0.2, 0.25) is 0 Å². The number of hydrogen-bond donors (Lipinski definition) is 3. The van der Waals surface area contributed by atoms with Gasteiger partial charge in [-0.15, -0.1) is 0 Å². The van der Waals surface area contributed by atoms with Gasteiger partial charge in [-0.05, 0) is 77.0 Å². The molecule has 4 heteroatoms. The van der Waals surface area contributed by atoms with E-state index in [-0.39, 0.29) is 12.5 Å². The summed E-state index contributed by atoms with van der Waals surface area (Å²) in [6.07, 6.45) is 42.9. The molecule has 2 atom stereocenters. The summed E-state index contributed by atoms with van der Waals surface area (Å²) < 4.78 is 0. The van der Waals surface area contributed by atoms with Gasteiger partial charge in [0.1, 0.15) is 0 Å². The normalized spacial score (nSPS) is 14.0. The average Bonchev–Trinajstić information content (AvgIpc) is 2.96. The summed E-state index contributed by atoms with van der Waals surface area (Å²) in [4.78, 5) is 12.3. The van der Waals surface area contributed by atoms with Gasteiger partial charge in [0.25, 0.3) is 0 Å². The van der Waals surface area contributed by atoms with Gasteiger partial charge < -0.3 is 15.5 Å². The lowest BCUT2D eigenvalue weighted by Crippen LogP contribution is -2.45. The van der Waals surface area contributed by atoms with E-state index in [2.05, 4.69) is 67.8 Å². The molecule has 0 aliphatic rings. The number of allylic oxidation sites excluding steroid dienone is 9. The molecule has 0 aromatic heterocycles. The minimum absolute atomic E-state index is 0.0977. The molecule has 0 spiro atoms. The van der Waals surface area contributed by atoms with Crippen molar-refractivity contribution in [3.8, 4) is 0 Å². The van der Waals surface area contributed by atoms with Crippen LogP contribution in [-0.4, -0.2) is 34.9 Å². The molecular formula is C36H63NO3. The van der Waals surface area contributed by atoms with Crippen molar-refractivity contribution < 1.29 is 15.0 Å². The summed E-state index contributed by atoms with van der Waals surface area (Å²) in [5.74, 6) is -0.0977. The topological polar surface area (TPSA) is 69.6 Å². The molecule has 230 valence electrons. The van der Waals surface area contributed by atoms with E-state index < -0.39 is 12.1 Å². The second kappa shape index (κ2) is 31.6. The first-order valence-corrected chi connectivity index (χ1v) is 16.5. The zero-order valence-corrected chi connectivity index (χ0v) is 26.1. The summed E-state index contributed by atoms with van der Waals surface area (Å²) >= 11 is 0. The molecule has 0 heterocycles. The summed E-state index contributed by atoms with van der Waals surface area (Å²) in [6.45, 7) is 4.19. The van der Waals surface area contributed by atoms with Gasteiger partial charge in [-0.1, -0.05) is 120 Å². The summed E-state index contributed by atoms with van der Waals surface area (Å²) in [7, 11) is 0. The van der Waals surface area contributed by atoms with Crippen LogP contribution in [0.3, 0.4) is 0 Å². The molecule has 40 heavy (non-hydrogen) atoms. The zero-order chi connectivity index (χ0) is 29.4. The monoisotopic (exact) mass is 557 g/mol. The largest absolute Gasteiger partial charge is 0.394 e. The van der Waals surface area contributed by atoms with Crippen LogP contribution in [0, 0.1) is 0 Å². The first-order valence-electron chi connectivity index (χ1n) is 16.5. The SMILES string of the molecule is CCCCC/C=C\C/C=C\CCCCCCCC(=O)NC(CO)C(O)/C=C/CC/C=C/CC/C=C/CCCCC. The zero-order valence-electron chi connectivity index (χ0n) is 26.1. The van der Waals surface area contributed by atoms with Crippen LogP contribution in [0.4, 0.5) is 0 Å². The predicted molar refractivity (Wildman–Crippen MR) is 174 cm³/mol. The van der Waals surface area contributed by atoms with Gasteiger partial charge in [0.05, 0.1) is 18.8 Å². The molecule has 0 rings (SSSR count). The smallest absolute Gasteiger partial charge is 0.220 e. The summed E-state index contributed by atoms with van der Waals surface area (Å²) in [5.41, 5.74) is 0. The van der Waals surface area contributed by atoms with Gasteiger partial charge in [-0.3, -0.25) is 4.79 Å². The van der Waals surface area contributed by atoms with Crippen LogP contribution >= 0.6 is 0 Å². The van der Waals surface area contributed by atoms with Crippen molar-refractivity contribution in [3.63, 3.8) is 0 Å². The average molecular weight is 558 g/mol. The highest BCUT2D eigenvalue weighted by Gasteiger charge is 2.17. The quantitative estimate of drug-likeness (QED) is 0.0663. The van der Waals surface area contributed by atoms with Crippen molar-refractivity contribution in [1.29, 1.82) is 0 Å². The van der Waals surface area contributed by atoms with Crippen molar-refractivity contribution in [2.45, 2.75) is 154 Å². The fraction of sp³-hybridized carbons (Fsp3) is 0.694. The Bertz CT molecular complexity index is 692. The van der Waals surface area contributed by atoms with Crippen molar-refractivity contribution in [2.24, 2.45) is 0 Å². The second-order valence-electron chi connectivity index (χ2n) is 10.8. The fourth-order valence-corrected chi connectivity index (χ4v) is 4.35. The van der Waals surface area contributed by atoms with Gasteiger partial charge in [-0.2, -0.15) is 0 Å². The lowest BCUT2D eigenvalue weighted by Gasteiger charge is -2.19. The van der Waals surface area contributed by atoms with Crippen LogP contribution in [0.15, 0.2) is 60.8 Å². The van der Waals surface area contributed by atoms with Crippen molar-refractivity contribution in [2.75, 3.05) is 6.61 Å². The molecule has 0 aliphatic heterocycles. The maximum Gasteiger partial charge on any atom is 0.220 e. The Morgan fingerprint density at radius 1 is 0.600 bits per heavy atom. The van der Waals surface area contributed by atoms with Crippen LogP contribution < -0.4 is 5.32 Å². The molecule has 0 fully saturated rings. The molecule has 0 aromatic carbocycles. The molecule has 4 nitrogen and oxygen atoms in total. The first kappa shape index (κ1) is 38.1. The highest BCUT2D eigenvalue weighted by atomic mass is 16.3. The van der Waals surface area contributed by atoms with Crippen LogP contribution in [0.5, 0.6) is 0 Å². The first-order chi connectivity index (χ1) is 19.7. The van der Waals surface area contributed by atoms with Crippen molar-refractivity contribution >= 4 is 5.91 Å². The molecule has 0 saturated heterocycles. The number of carbonyl (C=O) groups excluding carboxylic acids is 1. The molecule has 0 aliphatic carbocycles. The number of nitrogens with one attached hydrogen (secondary N) is 1. The Kier molecular flexibility index (Phi) is 30.1. The van der Waals surface area contributed by atoms with Crippen molar-refractivity contribution in [1.82, 2.24) is 5.32 Å². The molecule has 0 bridgehead atoms. The third-order valence-electron chi connectivity index (χ3n) is 6.95. The van der Waals surface area contributed by atoms with Crippen LogP contribution in [0.25, 0.3) is 0 Å². The van der Waals surface area contributed by atoms with E-state index in [9.17, 15) is 15.0 Å². The Morgan fingerprint density at radius 2 is 1.05 bits per heavy atom. The Balaban J connectivity index is 3.79. The number of aliphatic hydroxyl groups is 2. The van der Waals surface area contributed by atoms with E-state index in [1.54, 1.807) is 6.08 Å². The van der Waals surface area contributed by atoms with E-state index in [4.69, 9.17) is 0 Å². The summed E-state index contributed by atoms with van der Waals surface area (Å²) in [6, 6.07) is -0.652. The fourth-order valence-electron chi connectivity index (χ4n) is 4.35. The van der Waals surface area contributed by atoms with Crippen molar-refractivity contribution in [3.05, 3.63) is 60.8 Å². The van der Waals surface area contributed by atoms with Gasteiger partial charge >= 0.3 is 0 Å². The molecule has 3 N–H and O–H groups in total. The lowest BCUT2D eigenvalue weighted by atomic mass is 10.1. The summed E-state index contributed by atoms with van der Waals surface area (Å²) in [5, 5.41) is 22.7. The number of hydrogen-bond acceptors (Lipinski definition) is 3. The molecule has 2 unspecified atom stereocenters. The Labute approximate surface area is 247 Å². The Morgan fingerprint density at radius 3 is 1.60 bits per heavy atom. The van der Waals surface area contributed by atoms with E-state index in [1.807, 2.05) is 6.08 Å². The minimum Gasteiger partial charge on any atom is -0.394 e. The lowest BCUT2D eigenvalue weighted by molar-refractivity contribution is -0.123. The predicted octanol–water partition coefficient (Wildman–Crippen LogP) is 9.45. The van der Waals surface area contributed by atoms with Crippen LogP contribution in [0.1, 0.15) is 142 Å². The molecule has 0 radical (unpaired) electrons. The highest BCUT2D eigenvalue weighted by Crippen LogP contribution is 2.09. The van der Waals surface area contributed by atoms with E-state index in [0.29, 0.717) is 6.42 Å². The molecular weight excluding hydrogens is 494 g/mol. The molecule has 1 amide bonds. The third-order valence-corrected chi connectivity index (χ3v) is 6.95. The maximum absolute atomic E-state index is 12.3. The van der Waals surface area contributed by atoms with E-state index >= 15 is 0 Å². The number of amides is 1. The molecule has 0 saturated carbocycles. The van der Waals surface area contributed by atoms with Gasteiger partial charge in [0.15, 0.2) is 0 Å². The van der Waals surface area contributed by atoms with E-state index in [0.717, 1.165) is 57.8 Å². The van der Waals surface area contributed by atoms with Gasteiger partial charge in [-0.25, -0.2) is 0 Å². The number of aliphatic hydroxyl groups excluding tert-OH is 2. The second-order valence-corrected chi connectivity index (χ2v) is 10.8. The third kappa shape index (κ3) is 27.6. The standard InChI is InChI=1S/C36H63NO3/c1-3-5-7-9-11-13-15-17-18-20-22-24-26-28-30-32-36(40)37-34(33-38)35(39)31-29-27-25-23-21-19-16-14-12-10-8-6-4-2/h11-14,17-18,21,23,29,31,34-35,38-39H,3-10,15-16,19-20,22,24-28,30,32-33H2,1-2H3,(H,37,40)/b13-11-,14-12+,18-17-,23-21+,31-29+. The maximum atomic E-state index is 12.3.